The Morgan fingerprint density at radius 2 is 1.87 bits per heavy atom. The van der Waals surface area contributed by atoms with Crippen LogP contribution in [0, 0.1) is 5.82 Å². The monoisotopic (exact) mass is 661 g/mol. The van der Waals surface area contributed by atoms with Crippen molar-refractivity contribution >= 4 is 40.0 Å². The molecule has 1 aliphatic rings. The maximum atomic E-state index is 15.2. The third kappa shape index (κ3) is 5.39. The average Bonchev–Trinajstić information content (AvgIpc) is 3.43. The molecule has 3 aromatic rings. The van der Waals surface area contributed by atoms with E-state index in [4.69, 9.17) is 4.74 Å². The fourth-order valence-corrected chi connectivity index (χ4v) is 4.30. The number of halogens is 8. The van der Waals surface area contributed by atoms with Crippen LogP contribution in [0.2, 0.25) is 0 Å². The number of tetrazole rings is 1. The SMILES string of the molecule is O=C1N[C@@](c2ccc(OCCCC(F)(F)F)cc2F)(C(F)(F)F)CC(c2ccn(I)n2)=C1n1nn[nH]c1=O. The van der Waals surface area contributed by atoms with Crippen LogP contribution < -0.4 is 15.7 Å². The van der Waals surface area contributed by atoms with Gasteiger partial charge in [-0.15, -0.1) is 0 Å². The molecule has 18 heteroatoms. The maximum Gasteiger partial charge on any atom is 0.416 e. The van der Waals surface area contributed by atoms with Crippen LogP contribution in [0.25, 0.3) is 11.3 Å². The minimum Gasteiger partial charge on any atom is -0.493 e. The number of hydrogen-bond acceptors (Lipinski definition) is 6. The van der Waals surface area contributed by atoms with Crippen molar-refractivity contribution < 1.29 is 40.3 Å². The van der Waals surface area contributed by atoms with Crippen molar-refractivity contribution in [3.63, 3.8) is 0 Å². The van der Waals surface area contributed by atoms with Gasteiger partial charge >= 0.3 is 18.0 Å². The summed E-state index contributed by atoms with van der Waals surface area (Å²) in [7, 11) is 0. The van der Waals surface area contributed by atoms with Gasteiger partial charge in [0.05, 0.1) is 35.2 Å². The van der Waals surface area contributed by atoms with Crippen LogP contribution in [0.5, 0.6) is 5.75 Å². The predicted molar refractivity (Wildman–Crippen MR) is 123 cm³/mol. The van der Waals surface area contributed by atoms with Crippen molar-refractivity contribution in [2.45, 2.75) is 37.2 Å². The second-order valence-corrected chi connectivity index (χ2v) is 9.07. The zero-order chi connectivity index (χ0) is 27.9. The lowest BCUT2D eigenvalue weighted by molar-refractivity contribution is -0.202. The van der Waals surface area contributed by atoms with Gasteiger partial charge in [0.1, 0.15) is 17.3 Å². The van der Waals surface area contributed by atoms with Gasteiger partial charge in [0, 0.05) is 36.2 Å². The molecule has 0 saturated heterocycles. The molecule has 0 saturated carbocycles. The van der Waals surface area contributed by atoms with E-state index in [2.05, 4.69) is 15.5 Å². The quantitative estimate of drug-likeness (QED) is 0.227. The second kappa shape index (κ2) is 10.0. The van der Waals surface area contributed by atoms with Gasteiger partial charge < -0.3 is 10.1 Å². The number of aromatic nitrogens is 6. The summed E-state index contributed by atoms with van der Waals surface area (Å²) in [6, 6.07) is 3.56. The molecule has 0 radical (unpaired) electrons. The fourth-order valence-electron chi connectivity index (χ4n) is 3.91. The van der Waals surface area contributed by atoms with Gasteiger partial charge in [-0.2, -0.15) is 36.1 Å². The highest BCUT2D eigenvalue weighted by molar-refractivity contribution is 14.1. The van der Waals surface area contributed by atoms with E-state index in [0.717, 1.165) is 12.1 Å². The Hall–Kier alpha value is -3.45. The molecule has 0 unspecified atom stereocenters. The third-order valence-electron chi connectivity index (χ3n) is 5.58. The number of aromatic amines is 1. The molecule has 1 aliphatic heterocycles. The Morgan fingerprint density at radius 1 is 1.13 bits per heavy atom. The minimum absolute atomic E-state index is 0.113. The molecule has 3 heterocycles. The van der Waals surface area contributed by atoms with Crippen molar-refractivity contribution in [2.75, 3.05) is 6.61 Å². The normalized spacial score (nSPS) is 18.6. The van der Waals surface area contributed by atoms with Gasteiger partial charge in [0.15, 0.2) is 5.54 Å². The topological polar surface area (TPSA) is 120 Å². The number of rotatable bonds is 7. The van der Waals surface area contributed by atoms with Crippen LogP contribution in [0.15, 0.2) is 35.3 Å². The number of amides is 1. The van der Waals surface area contributed by atoms with Crippen LogP contribution in [-0.4, -0.2) is 53.1 Å². The molecule has 0 fully saturated rings. The summed E-state index contributed by atoms with van der Waals surface area (Å²) < 4.78 is 103. The first-order valence-corrected chi connectivity index (χ1v) is 11.5. The summed E-state index contributed by atoms with van der Waals surface area (Å²) in [5.74, 6) is -3.15. The minimum atomic E-state index is -5.27. The van der Waals surface area contributed by atoms with Gasteiger partial charge in [0.2, 0.25) is 0 Å². The summed E-state index contributed by atoms with van der Waals surface area (Å²) in [6.45, 7) is -0.457. The van der Waals surface area contributed by atoms with Crippen molar-refractivity contribution in [3.05, 3.63) is 58.0 Å². The lowest BCUT2D eigenvalue weighted by atomic mass is 9.78. The lowest BCUT2D eigenvalue weighted by Gasteiger charge is -2.41. The molecular formula is C20H15F7IN7O3. The van der Waals surface area contributed by atoms with Crippen LogP contribution in [0.4, 0.5) is 30.7 Å². The molecule has 1 atom stereocenters. The number of hydrogen-bond donors (Lipinski definition) is 2. The van der Waals surface area contributed by atoms with E-state index in [-0.39, 0.29) is 17.0 Å². The van der Waals surface area contributed by atoms with E-state index in [1.54, 1.807) is 28.2 Å². The zero-order valence-electron chi connectivity index (χ0n) is 18.7. The average molecular weight is 661 g/mol. The highest BCUT2D eigenvalue weighted by Gasteiger charge is 2.61. The van der Waals surface area contributed by atoms with Crippen molar-refractivity contribution in [3.8, 4) is 5.75 Å². The highest BCUT2D eigenvalue weighted by atomic mass is 127. The molecule has 0 spiro atoms. The number of carbonyl (C=O) groups excluding carboxylic acids is 1. The Bertz CT molecular complexity index is 1440. The standard InChI is InChI=1S/C20H15F7IN7O3/c21-13-8-10(38-7-1-5-19(22,23)24)2-3-12(13)18(20(25,26)27)9-11(14-4-6-34(28)31-14)15(16(36)29-18)35-17(37)30-32-33-35/h2-4,6,8H,1,5,7,9H2,(H,29,36)(H,30,33,37)/t18-/m0/s1. The molecule has 204 valence electrons. The van der Waals surface area contributed by atoms with E-state index in [1.165, 1.54) is 15.2 Å². The number of benzene rings is 1. The molecule has 1 amide bonds. The first-order valence-electron chi connectivity index (χ1n) is 10.6. The van der Waals surface area contributed by atoms with Crippen LogP contribution in [-0.2, 0) is 10.3 Å². The first-order chi connectivity index (χ1) is 17.7. The van der Waals surface area contributed by atoms with Gasteiger partial charge in [-0.25, -0.2) is 17.2 Å². The van der Waals surface area contributed by atoms with Gasteiger partial charge in [-0.05, 0) is 35.0 Å². The van der Waals surface area contributed by atoms with Crippen molar-refractivity contribution in [1.82, 2.24) is 33.5 Å². The molecule has 2 N–H and O–H groups in total. The molecule has 0 aliphatic carbocycles. The summed E-state index contributed by atoms with van der Waals surface area (Å²) >= 11 is 1.71. The molecule has 1 aromatic carbocycles. The van der Waals surface area contributed by atoms with Gasteiger partial charge in [0.25, 0.3) is 5.91 Å². The molecule has 4 rings (SSSR count). The molecule has 0 bridgehead atoms. The Kier molecular flexibility index (Phi) is 7.28. The summed E-state index contributed by atoms with van der Waals surface area (Å²) in [6.07, 6.45) is -11.0. The Balaban J connectivity index is 1.77. The van der Waals surface area contributed by atoms with Crippen molar-refractivity contribution in [2.24, 2.45) is 0 Å². The smallest absolute Gasteiger partial charge is 0.416 e. The Morgan fingerprint density at radius 3 is 2.42 bits per heavy atom. The van der Waals surface area contributed by atoms with E-state index in [1.807, 2.05) is 5.10 Å². The second-order valence-electron chi connectivity index (χ2n) is 8.08. The third-order valence-corrected chi connectivity index (χ3v) is 6.12. The predicted octanol–water partition coefficient (Wildman–Crippen LogP) is 3.57. The maximum absolute atomic E-state index is 15.2. The van der Waals surface area contributed by atoms with Gasteiger partial charge in [-0.1, -0.05) is 0 Å². The summed E-state index contributed by atoms with van der Waals surface area (Å²) in [5, 5.41) is 14.4. The highest BCUT2D eigenvalue weighted by Crippen LogP contribution is 2.49. The van der Waals surface area contributed by atoms with Crippen LogP contribution >= 0.6 is 22.9 Å². The number of carbonyl (C=O) groups is 1. The molecule has 2 aromatic heterocycles. The summed E-state index contributed by atoms with van der Waals surface area (Å²) in [5.41, 5.74) is -6.39. The van der Waals surface area contributed by atoms with E-state index in [0.29, 0.717) is 10.7 Å². The van der Waals surface area contributed by atoms with E-state index < -0.39 is 72.4 Å². The summed E-state index contributed by atoms with van der Waals surface area (Å²) in [4.78, 5) is 25.2. The molecular weight excluding hydrogens is 646 g/mol. The number of nitrogens with one attached hydrogen (secondary N) is 2. The van der Waals surface area contributed by atoms with Crippen LogP contribution in [0.3, 0.4) is 0 Å². The Labute approximate surface area is 221 Å². The number of alkyl halides is 6. The molecule has 38 heavy (non-hydrogen) atoms. The number of nitrogens with zero attached hydrogens (tertiary/aromatic N) is 5. The number of H-pyrrole nitrogens is 1. The first kappa shape index (κ1) is 27.6. The fraction of sp³-hybridized carbons (Fsp3) is 0.350. The van der Waals surface area contributed by atoms with Crippen LogP contribution in [0.1, 0.15) is 30.5 Å². The van der Waals surface area contributed by atoms with Gasteiger partial charge in [-0.3, -0.25) is 4.79 Å². The largest absolute Gasteiger partial charge is 0.493 e. The molecule has 10 nitrogen and oxygen atoms in total. The van der Waals surface area contributed by atoms with Crippen molar-refractivity contribution in [1.29, 1.82) is 0 Å². The number of ether oxygens (including phenoxy) is 1. The van der Waals surface area contributed by atoms with E-state index in [9.17, 15) is 35.9 Å². The zero-order valence-corrected chi connectivity index (χ0v) is 20.9. The lowest BCUT2D eigenvalue weighted by Crippen LogP contribution is -2.59. The van der Waals surface area contributed by atoms with E-state index >= 15 is 4.39 Å².